The second-order valence-corrected chi connectivity index (χ2v) is 2.09. The third-order valence-corrected chi connectivity index (χ3v) is 0.695. The lowest BCUT2D eigenvalue weighted by Gasteiger charge is -2.02. The Morgan fingerprint density at radius 2 is 1.58 bits per heavy atom. The molecule has 76 valence electrons. The van der Waals surface area contributed by atoms with Gasteiger partial charge in [-0.3, -0.25) is 0 Å². The van der Waals surface area contributed by atoms with Crippen LogP contribution in [0.2, 0.25) is 0 Å². The first kappa shape index (κ1) is 14.3. The summed E-state index contributed by atoms with van der Waals surface area (Å²) in [5.41, 5.74) is 0. The maximum absolute atomic E-state index is 8.57. The normalized spacial score (nSPS) is 11.8. The van der Waals surface area contributed by atoms with Crippen molar-refractivity contribution in [3.63, 3.8) is 0 Å². The number of aliphatic hydroxyl groups is 4. The van der Waals surface area contributed by atoms with Crippen LogP contribution in [0, 0.1) is 0 Å². The number of hydrogen-bond donors (Lipinski definition) is 4. The molecule has 0 aromatic heterocycles. The number of rotatable bonds is 5. The van der Waals surface area contributed by atoms with E-state index in [0.29, 0.717) is 13.2 Å². The van der Waals surface area contributed by atoms with Crippen LogP contribution in [0.15, 0.2) is 0 Å². The fraction of sp³-hybridized carbons (Fsp3) is 1.00. The smallest absolute Gasteiger partial charge is 0.0745 e. The second kappa shape index (κ2) is 13.4. The minimum Gasteiger partial charge on any atom is -0.394 e. The van der Waals surface area contributed by atoms with Crippen LogP contribution in [0.25, 0.3) is 0 Å². The Hall–Kier alpha value is -0.200. The van der Waals surface area contributed by atoms with Crippen molar-refractivity contribution < 1.29 is 25.2 Å². The molecule has 0 aliphatic rings. The first-order chi connectivity index (χ1) is 5.68. The first-order valence-electron chi connectivity index (χ1n) is 3.77. The molecular formula is C7H18O5. The maximum Gasteiger partial charge on any atom is 0.0745 e. The lowest BCUT2D eigenvalue weighted by molar-refractivity contribution is 0.0292. The Morgan fingerprint density at radius 1 is 1.08 bits per heavy atom. The van der Waals surface area contributed by atoms with Gasteiger partial charge < -0.3 is 25.2 Å². The van der Waals surface area contributed by atoms with Gasteiger partial charge in [0.2, 0.25) is 0 Å². The predicted octanol–water partition coefficient (Wildman–Crippen LogP) is -1.65. The molecular weight excluding hydrogens is 164 g/mol. The van der Waals surface area contributed by atoms with Gasteiger partial charge in [0.25, 0.3) is 0 Å². The van der Waals surface area contributed by atoms with Crippen LogP contribution in [0.4, 0.5) is 0 Å². The van der Waals surface area contributed by atoms with E-state index >= 15 is 0 Å². The number of aliphatic hydroxyl groups excluding tert-OH is 4. The highest BCUT2D eigenvalue weighted by atomic mass is 16.5. The van der Waals surface area contributed by atoms with E-state index in [1.54, 1.807) is 6.92 Å². The molecule has 0 saturated heterocycles. The third-order valence-electron chi connectivity index (χ3n) is 0.695. The van der Waals surface area contributed by atoms with Gasteiger partial charge in [-0.05, 0) is 6.92 Å². The minimum absolute atomic E-state index is 0.0206. The molecule has 0 aliphatic carbocycles. The topological polar surface area (TPSA) is 90.2 Å². The first-order valence-corrected chi connectivity index (χ1v) is 3.77. The van der Waals surface area contributed by atoms with E-state index in [1.165, 1.54) is 0 Å². The van der Waals surface area contributed by atoms with Gasteiger partial charge in [0.1, 0.15) is 0 Å². The highest BCUT2D eigenvalue weighted by Crippen LogP contribution is 1.80. The summed E-state index contributed by atoms with van der Waals surface area (Å²) in [7, 11) is 0. The average molecular weight is 182 g/mol. The maximum atomic E-state index is 8.57. The largest absolute Gasteiger partial charge is 0.394 e. The average Bonchev–Trinajstić information content (AvgIpc) is 2.05. The van der Waals surface area contributed by atoms with Gasteiger partial charge in [-0.25, -0.2) is 0 Å². The third kappa shape index (κ3) is 22.6. The van der Waals surface area contributed by atoms with Crippen molar-refractivity contribution in [3.8, 4) is 0 Å². The van der Waals surface area contributed by atoms with Gasteiger partial charge in [0, 0.05) is 0 Å². The van der Waals surface area contributed by atoms with E-state index in [1.807, 2.05) is 0 Å². The Labute approximate surface area is 72.2 Å². The molecule has 0 heterocycles. The van der Waals surface area contributed by atoms with Crippen molar-refractivity contribution in [1.29, 1.82) is 0 Å². The summed E-state index contributed by atoms with van der Waals surface area (Å²) in [5.74, 6) is 0. The monoisotopic (exact) mass is 182 g/mol. The van der Waals surface area contributed by atoms with E-state index in [4.69, 9.17) is 25.2 Å². The van der Waals surface area contributed by atoms with Crippen LogP contribution in [0.3, 0.4) is 0 Å². The van der Waals surface area contributed by atoms with Crippen molar-refractivity contribution in [2.75, 3.05) is 33.0 Å². The molecule has 0 amide bonds. The molecule has 0 saturated carbocycles. The molecule has 1 atom stereocenters. The molecule has 0 aliphatic heterocycles. The molecule has 0 spiro atoms. The lowest BCUT2D eigenvalue weighted by atomic mass is 10.4. The zero-order valence-electron chi connectivity index (χ0n) is 7.31. The minimum atomic E-state index is -0.429. The number of ether oxygens (including phenoxy) is 1. The predicted molar refractivity (Wildman–Crippen MR) is 43.8 cm³/mol. The van der Waals surface area contributed by atoms with Gasteiger partial charge in [-0.1, -0.05) is 0 Å². The summed E-state index contributed by atoms with van der Waals surface area (Å²) in [6, 6.07) is 0. The SMILES string of the molecule is CC(O)COCCO.OCCO. The molecule has 0 rings (SSSR count). The van der Waals surface area contributed by atoms with E-state index in [9.17, 15) is 0 Å². The lowest BCUT2D eigenvalue weighted by Crippen LogP contribution is -2.12. The van der Waals surface area contributed by atoms with Crippen molar-refractivity contribution in [2.45, 2.75) is 13.0 Å². The van der Waals surface area contributed by atoms with Gasteiger partial charge in [0.15, 0.2) is 0 Å². The Balaban J connectivity index is 0. The highest BCUT2D eigenvalue weighted by Gasteiger charge is 1.91. The summed E-state index contributed by atoms with van der Waals surface area (Å²) >= 11 is 0. The molecule has 12 heavy (non-hydrogen) atoms. The van der Waals surface area contributed by atoms with Crippen molar-refractivity contribution in [3.05, 3.63) is 0 Å². The number of hydrogen-bond acceptors (Lipinski definition) is 5. The molecule has 0 aromatic rings. The Kier molecular flexibility index (Phi) is 16.0. The summed E-state index contributed by atoms with van der Waals surface area (Å²) in [4.78, 5) is 0. The zero-order valence-corrected chi connectivity index (χ0v) is 7.31. The van der Waals surface area contributed by atoms with Gasteiger partial charge in [0.05, 0.1) is 39.1 Å². The molecule has 4 N–H and O–H groups in total. The fourth-order valence-electron chi connectivity index (χ4n) is 0.318. The van der Waals surface area contributed by atoms with Gasteiger partial charge in [-0.2, -0.15) is 0 Å². The van der Waals surface area contributed by atoms with E-state index in [-0.39, 0.29) is 19.8 Å². The summed E-state index contributed by atoms with van der Waals surface area (Å²) < 4.78 is 4.74. The van der Waals surface area contributed by atoms with Crippen LogP contribution in [-0.4, -0.2) is 59.6 Å². The molecule has 5 heteroatoms. The standard InChI is InChI=1S/C5H12O3.C2H6O2/c1-5(7)4-8-3-2-6;3-1-2-4/h5-7H,2-4H2,1H3;3-4H,1-2H2. The highest BCUT2D eigenvalue weighted by molar-refractivity contribution is 4.39. The molecule has 0 aromatic carbocycles. The fourth-order valence-corrected chi connectivity index (χ4v) is 0.318. The van der Waals surface area contributed by atoms with E-state index in [0.717, 1.165) is 0 Å². The quantitative estimate of drug-likeness (QED) is 0.382. The van der Waals surface area contributed by atoms with Gasteiger partial charge in [-0.15, -0.1) is 0 Å². The Bertz CT molecular complexity index is 64.8. The van der Waals surface area contributed by atoms with Crippen LogP contribution in [0.1, 0.15) is 6.92 Å². The second-order valence-electron chi connectivity index (χ2n) is 2.09. The molecule has 1 unspecified atom stereocenters. The molecule has 0 fully saturated rings. The summed E-state index contributed by atoms with van der Waals surface area (Å²) in [6.07, 6.45) is -0.429. The van der Waals surface area contributed by atoms with Crippen LogP contribution in [0.5, 0.6) is 0 Å². The van der Waals surface area contributed by atoms with Crippen LogP contribution in [-0.2, 0) is 4.74 Å². The van der Waals surface area contributed by atoms with Crippen LogP contribution >= 0.6 is 0 Å². The van der Waals surface area contributed by atoms with E-state index in [2.05, 4.69) is 0 Å². The van der Waals surface area contributed by atoms with Crippen LogP contribution < -0.4 is 0 Å². The zero-order chi connectivity index (χ0) is 9.82. The van der Waals surface area contributed by atoms with Crippen molar-refractivity contribution in [1.82, 2.24) is 0 Å². The molecule has 5 nitrogen and oxygen atoms in total. The molecule has 0 radical (unpaired) electrons. The molecule has 0 bridgehead atoms. The Morgan fingerprint density at radius 3 is 1.83 bits per heavy atom. The van der Waals surface area contributed by atoms with E-state index < -0.39 is 6.10 Å². The van der Waals surface area contributed by atoms with Crippen molar-refractivity contribution in [2.24, 2.45) is 0 Å². The van der Waals surface area contributed by atoms with Gasteiger partial charge >= 0.3 is 0 Å². The summed E-state index contributed by atoms with van der Waals surface area (Å²) in [5, 5.41) is 32.0. The van der Waals surface area contributed by atoms with Crippen molar-refractivity contribution >= 4 is 0 Å². The summed E-state index contributed by atoms with van der Waals surface area (Å²) in [6.45, 7) is 2.02.